The van der Waals surface area contributed by atoms with Gasteiger partial charge in [0.05, 0.1) is 0 Å². The SMILES string of the molecule is O=C(N[C@H](Cc1ccc(-c2cccc(Cl)c2)cc1)C[C@@H](O)C(=O)O)c1ccc(O)nn1. The van der Waals surface area contributed by atoms with E-state index in [-0.39, 0.29) is 24.4 Å². The van der Waals surface area contributed by atoms with Crippen LogP contribution in [0.5, 0.6) is 5.88 Å². The van der Waals surface area contributed by atoms with Gasteiger partial charge in [0.25, 0.3) is 5.91 Å². The number of aliphatic hydroxyl groups is 1. The molecule has 8 nitrogen and oxygen atoms in total. The van der Waals surface area contributed by atoms with Crippen molar-refractivity contribution in [1.82, 2.24) is 15.5 Å². The van der Waals surface area contributed by atoms with Crippen LogP contribution in [0.1, 0.15) is 22.5 Å². The molecule has 3 rings (SSSR count). The van der Waals surface area contributed by atoms with Gasteiger partial charge in [-0.15, -0.1) is 10.2 Å². The molecule has 0 bridgehead atoms. The molecule has 160 valence electrons. The molecule has 0 aliphatic heterocycles. The normalized spacial score (nSPS) is 12.7. The maximum atomic E-state index is 12.4. The third kappa shape index (κ3) is 6.24. The molecule has 1 heterocycles. The van der Waals surface area contributed by atoms with Gasteiger partial charge in [-0.25, -0.2) is 4.79 Å². The number of nitrogens with one attached hydrogen (secondary N) is 1. The van der Waals surface area contributed by atoms with Gasteiger partial charge in [0.2, 0.25) is 5.88 Å². The maximum Gasteiger partial charge on any atom is 0.332 e. The fraction of sp³-hybridized carbons (Fsp3) is 0.182. The van der Waals surface area contributed by atoms with E-state index in [1.165, 1.54) is 12.1 Å². The lowest BCUT2D eigenvalue weighted by molar-refractivity contribution is -0.147. The Kier molecular flexibility index (Phi) is 7.17. The Morgan fingerprint density at radius 1 is 1.00 bits per heavy atom. The van der Waals surface area contributed by atoms with Gasteiger partial charge in [-0.3, -0.25) is 4.79 Å². The second-order valence-corrected chi connectivity index (χ2v) is 7.38. The highest BCUT2D eigenvalue weighted by atomic mass is 35.5. The zero-order valence-electron chi connectivity index (χ0n) is 16.3. The second kappa shape index (κ2) is 10.0. The van der Waals surface area contributed by atoms with Crippen molar-refractivity contribution in [2.24, 2.45) is 0 Å². The average molecular weight is 442 g/mol. The zero-order valence-corrected chi connectivity index (χ0v) is 17.0. The van der Waals surface area contributed by atoms with E-state index < -0.39 is 24.0 Å². The first-order valence-electron chi connectivity index (χ1n) is 9.41. The van der Waals surface area contributed by atoms with E-state index in [9.17, 15) is 19.8 Å². The number of carboxylic acid groups (broad SMARTS) is 1. The van der Waals surface area contributed by atoms with Gasteiger partial charge >= 0.3 is 5.97 Å². The molecule has 0 spiro atoms. The number of carbonyl (C=O) groups is 2. The van der Waals surface area contributed by atoms with E-state index in [4.69, 9.17) is 16.7 Å². The minimum absolute atomic E-state index is 0.0380. The molecule has 0 aliphatic carbocycles. The third-order valence-electron chi connectivity index (χ3n) is 4.61. The Bertz CT molecular complexity index is 1060. The highest BCUT2D eigenvalue weighted by Crippen LogP contribution is 2.23. The summed E-state index contributed by atoms with van der Waals surface area (Å²) in [7, 11) is 0. The van der Waals surface area contributed by atoms with Crippen LogP contribution < -0.4 is 5.32 Å². The molecule has 1 aromatic heterocycles. The molecule has 3 aromatic rings. The number of nitrogens with zero attached hydrogens (tertiary/aromatic N) is 2. The van der Waals surface area contributed by atoms with E-state index in [1.54, 1.807) is 6.07 Å². The van der Waals surface area contributed by atoms with Crippen LogP contribution >= 0.6 is 11.6 Å². The molecule has 2 atom stereocenters. The van der Waals surface area contributed by atoms with Crippen LogP contribution in [0.3, 0.4) is 0 Å². The first kappa shape index (κ1) is 22.2. The van der Waals surface area contributed by atoms with Crippen molar-refractivity contribution < 1.29 is 24.9 Å². The minimum Gasteiger partial charge on any atom is -0.492 e. The van der Waals surface area contributed by atoms with Crippen LogP contribution in [0.2, 0.25) is 5.02 Å². The summed E-state index contributed by atoms with van der Waals surface area (Å²) >= 11 is 6.04. The smallest absolute Gasteiger partial charge is 0.332 e. The Balaban J connectivity index is 1.75. The van der Waals surface area contributed by atoms with Crippen molar-refractivity contribution in [1.29, 1.82) is 0 Å². The Hall–Kier alpha value is -3.49. The molecule has 4 N–H and O–H groups in total. The van der Waals surface area contributed by atoms with Crippen molar-refractivity contribution >= 4 is 23.5 Å². The van der Waals surface area contributed by atoms with Crippen molar-refractivity contribution in [2.75, 3.05) is 0 Å². The zero-order chi connectivity index (χ0) is 22.4. The van der Waals surface area contributed by atoms with Crippen LogP contribution in [0.15, 0.2) is 60.7 Å². The summed E-state index contributed by atoms with van der Waals surface area (Å²) in [4.78, 5) is 23.5. The average Bonchev–Trinajstić information content (AvgIpc) is 2.74. The maximum absolute atomic E-state index is 12.4. The number of rotatable bonds is 8. The van der Waals surface area contributed by atoms with E-state index in [1.807, 2.05) is 42.5 Å². The van der Waals surface area contributed by atoms with Gasteiger partial charge in [0.1, 0.15) is 0 Å². The molecule has 9 heteroatoms. The first-order chi connectivity index (χ1) is 14.8. The predicted octanol–water partition coefficient (Wildman–Crippen LogP) is 2.68. The largest absolute Gasteiger partial charge is 0.492 e. The second-order valence-electron chi connectivity index (χ2n) is 6.95. The quantitative estimate of drug-likeness (QED) is 0.422. The number of carbonyl (C=O) groups excluding carboxylic acids is 1. The summed E-state index contributed by atoms with van der Waals surface area (Å²) < 4.78 is 0. The highest BCUT2D eigenvalue weighted by molar-refractivity contribution is 6.30. The van der Waals surface area contributed by atoms with E-state index in [2.05, 4.69) is 15.5 Å². The van der Waals surface area contributed by atoms with Gasteiger partial charge in [0, 0.05) is 23.6 Å². The Labute approximate surface area is 183 Å². The molecular formula is C22H20ClN3O5. The Morgan fingerprint density at radius 3 is 2.35 bits per heavy atom. The lowest BCUT2D eigenvalue weighted by atomic mass is 9.97. The number of aromatic hydroxyl groups is 1. The van der Waals surface area contributed by atoms with Gasteiger partial charge in [-0.1, -0.05) is 48.0 Å². The van der Waals surface area contributed by atoms with Crippen LogP contribution in [-0.4, -0.2) is 49.5 Å². The molecule has 31 heavy (non-hydrogen) atoms. The summed E-state index contributed by atoms with van der Waals surface area (Å²) in [5, 5.41) is 38.4. The number of aliphatic hydroxyl groups excluding tert-OH is 1. The number of hydrogen-bond donors (Lipinski definition) is 4. The lowest BCUT2D eigenvalue weighted by Gasteiger charge is -2.20. The molecule has 0 aliphatic rings. The van der Waals surface area contributed by atoms with Gasteiger partial charge in [-0.2, -0.15) is 0 Å². The van der Waals surface area contributed by atoms with Gasteiger partial charge in [0.15, 0.2) is 11.8 Å². The fourth-order valence-corrected chi connectivity index (χ4v) is 3.25. The summed E-state index contributed by atoms with van der Waals surface area (Å²) in [6.07, 6.45) is -1.54. The number of amides is 1. The van der Waals surface area contributed by atoms with Crippen molar-refractivity contribution in [3.05, 3.63) is 76.9 Å². The molecule has 2 aromatic carbocycles. The van der Waals surface area contributed by atoms with Crippen molar-refractivity contribution in [2.45, 2.75) is 25.0 Å². The summed E-state index contributed by atoms with van der Waals surface area (Å²) in [5.74, 6) is -2.29. The Morgan fingerprint density at radius 2 is 1.74 bits per heavy atom. The van der Waals surface area contributed by atoms with Crippen LogP contribution in [0, 0.1) is 0 Å². The summed E-state index contributed by atoms with van der Waals surface area (Å²) in [5.41, 5.74) is 2.71. The molecule has 0 saturated heterocycles. The molecule has 0 saturated carbocycles. The summed E-state index contributed by atoms with van der Waals surface area (Å²) in [6.45, 7) is 0. The van der Waals surface area contributed by atoms with Crippen LogP contribution in [0.25, 0.3) is 11.1 Å². The van der Waals surface area contributed by atoms with E-state index in [0.29, 0.717) is 5.02 Å². The number of carboxylic acids is 1. The van der Waals surface area contributed by atoms with Gasteiger partial charge < -0.3 is 20.6 Å². The highest BCUT2D eigenvalue weighted by Gasteiger charge is 2.23. The lowest BCUT2D eigenvalue weighted by Crippen LogP contribution is -2.41. The first-order valence-corrected chi connectivity index (χ1v) is 9.79. The molecule has 1 amide bonds. The molecular weight excluding hydrogens is 422 g/mol. The van der Waals surface area contributed by atoms with Crippen molar-refractivity contribution in [3.63, 3.8) is 0 Å². The number of aliphatic carboxylic acids is 1. The van der Waals surface area contributed by atoms with Crippen LogP contribution in [0.4, 0.5) is 0 Å². The van der Waals surface area contributed by atoms with Crippen molar-refractivity contribution in [3.8, 4) is 17.0 Å². The minimum atomic E-state index is -1.64. The topological polar surface area (TPSA) is 133 Å². The van der Waals surface area contributed by atoms with E-state index in [0.717, 1.165) is 16.7 Å². The molecule has 0 unspecified atom stereocenters. The standard InChI is InChI=1S/C22H20ClN3O5/c23-16-3-1-2-15(11-16)14-6-4-13(5-7-14)10-17(12-19(27)22(30)31)24-21(29)18-8-9-20(28)26-25-18/h1-9,11,17,19,27H,10,12H2,(H,24,29)(H,26,28)(H,30,31)/t17-,19-/m1/s1. The third-order valence-corrected chi connectivity index (χ3v) is 4.84. The van der Waals surface area contributed by atoms with Crippen LogP contribution in [-0.2, 0) is 11.2 Å². The summed E-state index contributed by atoms with van der Waals surface area (Å²) in [6, 6.07) is 16.8. The molecule has 0 radical (unpaired) electrons. The van der Waals surface area contributed by atoms with E-state index >= 15 is 0 Å². The fourth-order valence-electron chi connectivity index (χ4n) is 3.06. The number of aromatic nitrogens is 2. The van der Waals surface area contributed by atoms with Gasteiger partial charge in [-0.05, 0) is 41.3 Å². The number of halogens is 1. The monoisotopic (exact) mass is 441 g/mol. The molecule has 0 fully saturated rings. The predicted molar refractivity (Wildman–Crippen MR) is 114 cm³/mol. The number of benzene rings is 2. The number of hydrogen-bond acceptors (Lipinski definition) is 6.